The van der Waals surface area contributed by atoms with Gasteiger partial charge in [0, 0.05) is 15.7 Å². The van der Waals surface area contributed by atoms with Crippen molar-refractivity contribution < 1.29 is 23.9 Å². The van der Waals surface area contributed by atoms with Crippen molar-refractivity contribution in [3.8, 4) is 11.5 Å². The van der Waals surface area contributed by atoms with Crippen LogP contribution in [-0.4, -0.2) is 30.6 Å². The number of halogens is 3. The summed E-state index contributed by atoms with van der Waals surface area (Å²) in [4.78, 5) is 36.5. The second-order valence-electron chi connectivity index (χ2n) is 6.81. The van der Waals surface area contributed by atoms with Crippen LogP contribution >= 0.6 is 34.8 Å². The van der Waals surface area contributed by atoms with Gasteiger partial charge in [0.15, 0.2) is 11.5 Å². The second-order valence-corrected chi connectivity index (χ2v) is 8.09. The minimum Gasteiger partial charge on any atom is -0.490 e. The van der Waals surface area contributed by atoms with Gasteiger partial charge in [0.25, 0.3) is 0 Å². The van der Waals surface area contributed by atoms with Crippen LogP contribution in [0.15, 0.2) is 65.8 Å². The first-order valence-electron chi connectivity index (χ1n) is 10.1. The summed E-state index contributed by atoms with van der Waals surface area (Å²) in [5.41, 5.74) is 3.19. The molecule has 0 bridgehead atoms. The van der Waals surface area contributed by atoms with Gasteiger partial charge < -0.3 is 14.8 Å². The lowest BCUT2D eigenvalue weighted by Gasteiger charge is -2.12. The Bertz CT molecular complexity index is 1280. The molecule has 0 aliphatic carbocycles. The van der Waals surface area contributed by atoms with Crippen LogP contribution in [0.2, 0.25) is 15.1 Å². The van der Waals surface area contributed by atoms with Gasteiger partial charge in [-0.05, 0) is 73.2 Å². The fraction of sp³-hybridized carbons (Fsp3) is 0.0833. The van der Waals surface area contributed by atoms with Gasteiger partial charge in [0.1, 0.15) is 0 Å². The van der Waals surface area contributed by atoms with E-state index in [2.05, 4.69) is 15.8 Å². The Balaban J connectivity index is 1.65. The maximum absolute atomic E-state index is 12.5. The number of hydrogen-bond acceptors (Lipinski definition) is 6. The summed E-state index contributed by atoms with van der Waals surface area (Å²) in [6, 6.07) is 15.3. The van der Waals surface area contributed by atoms with E-state index in [0.717, 1.165) is 0 Å². The second kappa shape index (κ2) is 12.2. The molecule has 3 rings (SSSR count). The fourth-order valence-corrected chi connectivity index (χ4v) is 3.32. The van der Waals surface area contributed by atoms with Crippen LogP contribution in [0, 0.1) is 0 Å². The Kier molecular flexibility index (Phi) is 9.08. The molecular weight excluding hydrogens is 517 g/mol. The Labute approximate surface area is 215 Å². The van der Waals surface area contributed by atoms with E-state index in [1.807, 2.05) is 0 Å². The molecule has 0 fully saturated rings. The van der Waals surface area contributed by atoms with Gasteiger partial charge in [-0.1, -0.05) is 34.8 Å². The highest BCUT2D eigenvalue weighted by atomic mass is 35.5. The molecule has 0 radical (unpaired) electrons. The molecule has 0 atom stereocenters. The SMILES string of the molecule is CCOc1cc(/C=N/NC(=O)C(=O)Nc2ccc(Cl)cc2)ccc1OC(=O)c1ccc(Cl)cc1Cl. The first-order valence-corrected chi connectivity index (χ1v) is 11.2. The van der Waals surface area contributed by atoms with Crippen molar-refractivity contribution in [3.63, 3.8) is 0 Å². The molecular formula is C24H18Cl3N3O5. The van der Waals surface area contributed by atoms with E-state index in [9.17, 15) is 14.4 Å². The van der Waals surface area contributed by atoms with Crippen molar-refractivity contribution in [2.45, 2.75) is 6.92 Å². The van der Waals surface area contributed by atoms with Crippen LogP contribution in [0.3, 0.4) is 0 Å². The molecule has 180 valence electrons. The molecule has 35 heavy (non-hydrogen) atoms. The lowest BCUT2D eigenvalue weighted by atomic mass is 10.2. The zero-order valence-electron chi connectivity index (χ0n) is 18.2. The number of anilines is 1. The first-order chi connectivity index (χ1) is 16.8. The minimum absolute atomic E-state index is 0.142. The quantitative estimate of drug-likeness (QED) is 0.140. The van der Waals surface area contributed by atoms with Crippen molar-refractivity contribution in [2.75, 3.05) is 11.9 Å². The molecule has 0 saturated heterocycles. The molecule has 2 N–H and O–H groups in total. The highest BCUT2D eigenvalue weighted by Gasteiger charge is 2.17. The molecule has 0 saturated carbocycles. The average Bonchev–Trinajstić information content (AvgIpc) is 2.82. The van der Waals surface area contributed by atoms with E-state index >= 15 is 0 Å². The standard InChI is InChI=1S/C24H18Cl3N3O5/c1-2-34-21-11-14(3-10-20(21)35-24(33)18-9-6-16(26)12-19(18)27)13-28-30-23(32)22(31)29-17-7-4-15(25)5-8-17/h3-13H,2H2,1H3,(H,29,31)(H,30,32)/b28-13+. The van der Waals surface area contributed by atoms with E-state index in [1.54, 1.807) is 43.3 Å². The molecule has 0 aromatic heterocycles. The number of nitrogens with one attached hydrogen (secondary N) is 2. The molecule has 8 nitrogen and oxygen atoms in total. The molecule has 11 heteroatoms. The van der Waals surface area contributed by atoms with Crippen LogP contribution in [0.25, 0.3) is 0 Å². The van der Waals surface area contributed by atoms with E-state index in [4.69, 9.17) is 44.3 Å². The van der Waals surface area contributed by atoms with Gasteiger partial charge in [-0.15, -0.1) is 0 Å². The van der Waals surface area contributed by atoms with Crippen molar-refractivity contribution in [1.29, 1.82) is 0 Å². The predicted octanol–water partition coefficient (Wildman–Crippen LogP) is 5.35. The zero-order chi connectivity index (χ0) is 25.4. The predicted molar refractivity (Wildman–Crippen MR) is 135 cm³/mol. The smallest absolute Gasteiger partial charge is 0.345 e. The van der Waals surface area contributed by atoms with Crippen molar-refractivity contribution >= 4 is 64.5 Å². The third kappa shape index (κ3) is 7.45. The number of hydrogen-bond donors (Lipinski definition) is 2. The molecule has 0 unspecified atom stereocenters. The average molecular weight is 535 g/mol. The number of benzene rings is 3. The minimum atomic E-state index is -0.966. The molecule has 0 spiro atoms. The summed E-state index contributed by atoms with van der Waals surface area (Å²) < 4.78 is 11.0. The molecule has 3 aromatic rings. The van der Waals surface area contributed by atoms with E-state index in [-0.39, 0.29) is 22.1 Å². The number of carbonyl (C=O) groups excluding carboxylic acids is 3. The van der Waals surface area contributed by atoms with E-state index < -0.39 is 17.8 Å². The topological polar surface area (TPSA) is 106 Å². The van der Waals surface area contributed by atoms with Gasteiger partial charge in [0.05, 0.1) is 23.4 Å². The molecule has 0 aliphatic heterocycles. The van der Waals surface area contributed by atoms with Crippen molar-refractivity contribution in [3.05, 3.63) is 86.9 Å². The van der Waals surface area contributed by atoms with Crippen LogP contribution < -0.4 is 20.2 Å². The van der Waals surface area contributed by atoms with Gasteiger partial charge in [-0.2, -0.15) is 5.10 Å². The van der Waals surface area contributed by atoms with Gasteiger partial charge in [0.2, 0.25) is 0 Å². The molecule has 3 aromatic carbocycles. The monoisotopic (exact) mass is 533 g/mol. The number of nitrogens with zero attached hydrogens (tertiary/aromatic N) is 1. The van der Waals surface area contributed by atoms with Crippen LogP contribution in [0.4, 0.5) is 5.69 Å². The highest BCUT2D eigenvalue weighted by molar-refractivity contribution is 6.39. The Hall–Kier alpha value is -3.59. The summed E-state index contributed by atoms with van der Waals surface area (Å²) in [6.07, 6.45) is 1.30. The summed E-state index contributed by atoms with van der Waals surface area (Å²) in [7, 11) is 0. The third-order valence-electron chi connectivity index (χ3n) is 4.31. The molecule has 2 amide bonds. The van der Waals surface area contributed by atoms with Crippen molar-refractivity contribution in [2.24, 2.45) is 5.10 Å². The zero-order valence-corrected chi connectivity index (χ0v) is 20.4. The Morgan fingerprint density at radius 2 is 1.60 bits per heavy atom. The highest BCUT2D eigenvalue weighted by Crippen LogP contribution is 2.30. The van der Waals surface area contributed by atoms with Gasteiger partial charge >= 0.3 is 17.8 Å². The normalized spacial score (nSPS) is 10.6. The van der Waals surface area contributed by atoms with Gasteiger partial charge in [-0.25, -0.2) is 10.2 Å². The van der Waals surface area contributed by atoms with Crippen LogP contribution in [0.1, 0.15) is 22.8 Å². The number of amides is 2. The van der Waals surface area contributed by atoms with E-state index in [1.165, 1.54) is 30.5 Å². The third-order valence-corrected chi connectivity index (χ3v) is 5.11. The Morgan fingerprint density at radius 3 is 2.29 bits per heavy atom. The number of ether oxygens (including phenoxy) is 2. The fourth-order valence-electron chi connectivity index (χ4n) is 2.70. The van der Waals surface area contributed by atoms with Crippen LogP contribution in [-0.2, 0) is 9.59 Å². The lowest BCUT2D eigenvalue weighted by molar-refractivity contribution is -0.136. The lowest BCUT2D eigenvalue weighted by Crippen LogP contribution is -2.32. The number of carbonyl (C=O) groups is 3. The van der Waals surface area contributed by atoms with E-state index in [0.29, 0.717) is 27.9 Å². The Morgan fingerprint density at radius 1 is 0.886 bits per heavy atom. The van der Waals surface area contributed by atoms with Crippen molar-refractivity contribution in [1.82, 2.24) is 5.43 Å². The molecule has 0 heterocycles. The molecule has 0 aliphatic rings. The largest absolute Gasteiger partial charge is 0.490 e. The first kappa shape index (κ1) is 26.0. The summed E-state index contributed by atoms with van der Waals surface area (Å²) in [6.45, 7) is 2.07. The number of esters is 1. The maximum atomic E-state index is 12.5. The summed E-state index contributed by atoms with van der Waals surface area (Å²) in [5, 5.41) is 7.24. The van der Waals surface area contributed by atoms with Crippen LogP contribution in [0.5, 0.6) is 11.5 Å². The van der Waals surface area contributed by atoms with Gasteiger partial charge in [-0.3, -0.25) is 9.59 Å². The number of rotatable bonds is 7. The summed E-state index contributed by atoms with van der Waals surface area (Å²) in [5.74, 6) is -2.13. The maximum Gasteiger partial charge on any atom is 0.345 e. The number of hydrazone groups is 1. The summed E-state index contributed by atoms with van der Waals surface area (Å²) >= 11 is 17.7.